The summed E-state index contributed by atoms with van der Waals surface area (Å²) in [7, 11) is 1.80. The molecule has 0 saturated carbocycles. The molecule has 12 heavy (non-hydrogen) atoms. The Balaban J connectivity index is 2.89. The highest BCUT2D eigenvalue weighted by atomic mass is 15.3. The van der Waals surface area contributed by atoms with Crippen LogP contribution < -0.4 is 5.43 Å². The first-order valence-electron chi connectivity index (χ1n) is 4.16. The fraction of sp³-hybridized carbons (Fsp3) is 0.300. The maximum atomic E-state index is 3.98. The van der Waals surface area contributed by atoms with Gasteiger partial charge in [-0.1, -0.05) is 31.2 Å². The van der Waals surface area contributed by atoms with Gasteiger partial charge in [-0.2, -0.15) is 5.10 Å². The molecule has 1 rings (SSSR count). The van der Waals surface area contributed by atoms with Gasteiger partial charge in [-0.3, -0.25) is 0 Å². The summed E-state index contributed by atoms with van der Waals surface area (Å²) in [6, 6.07) is 8.27. The van der Waals surface area contributed by atoms with Crippen molar-refractivity contribution in [1.29, 1.82) is 0 Å². The minimum absolute atomic E-state index is 1.05. The Morgan fingerprint density at radius 3 is 2.83 bits per heavy atom. The Morgan fingerprint density at radius 2 is 2.17 bits per heavy atom. The summed E-state index contributed by atoms with van der Waals surface area (Å²) in [4.78, 5) is 0. The molecular formula is C10H14N2. The highest BCUT2D eigenvalue weighted by Gasteiger charge is 1.94. The molecule has 0 atom stereocenters. The zero-order chi connectivity index (χ0) is 8.81. The number of hydrazone groups is 1. The lowest BCUT2D eigenvalue weighted by molar-refractivity contribution is 0.907. The van der Waals surface area contributed by atoms with E-state index >= 15 is 0 Å². The van der Waals surface area contributed by atoms with E-state index in [1.807, 2.05) is 12.3 Å². The molecule has 0 aliphatic rings. The molecule has 0 radical (unpaired) electrons. The van der Waals surface area contributed by atoms with Crippen molar-refractivity contribution in [3.8, 4) is 0 Å². The molecular weight excluding hydrogens is 148 g/mol. The Morgan fingerprint density at radius 1 is 1.42 bits per heavy atom. The quantitative estimate of drug-likeness (QED) is 0.532. The average molecular weight is 162 g/mol. The van der Waals surface area contributed by atoms with Crippen molar-refractivity contribution < 1.29 is 0 Å². The lowest BCUT2D eigenvalue weighted by atomic mass is 10.1. The first-order chi connectivity index (χ1) is 5.88. The van der Waals surface area contributed by atoms with Crippen LogP contribution >= 0.6 is 0 Å². The van der Waals surface area contributed by atoms with Crippen molar-refractivity contribution in [2.24, 2.45) is 5.10 Å². The van der Waals surface area contributed by atoms with Gasteiger partial charge in [-0.25, -0.2) is 0 Å². The minimum Gasteiger partial charge on any atom is -0.313 e. The molecule has 0 saturated heterocycles. The molecule has 0 spiro atoms. The van der Waals surface area contributed by atoms with Crippen LogP contribution in [0.5, 0.6) is 0 Å². The van der Waals surface area contributed by atoms with Crippen LogP contribution in [-0.4, -0.2) is 13.3 Å². The number of nitrogens with zero attached hydrogens (tertiary/aromatic N) is 1. The summed E-state index contributed by atoms with van der Waals surface area (Å²) in [5, 5.41) is 3.98. The van der Waals surface area contributed by atoms with E-state index in [0.29, 0.717) is 0 Å². The predicted molar refractivity (Wildman–Crippen MR) is 52.5 cm³/mol. The van der Waals surface area contributed by atoms with E-state index in [1.165, 1.54) is 11.1 Å². The number of hydrogen-bond donors (Lipinski definition) is 1. The fourth-order valence-corrected chi connectivity index (χ4v) is 1.12. The van der Waals surface area contributed by atoms with Crippen molar-refractivity contribution in [3.63, 3.8) is 0 Å². The summed E-state index contributed by atoms with van der Waals surface area (Å²) in [6.45, 7) is 2.14. The molecule has 0 aromatic heterocycles. The molecule has 0 amide bonds. The second-order valence-electron chi connectivity index (χ2n) is 2.53. The maximum Gasteiger partial charge on any atom is 0.0543 e. The summed E-state index contributed by atoms with van der Waals surface area (Å²) >= 11 is 0. The summed E-state index contributed by atoms with van der Waals surface area (Å²) < 4.78 is 0. The van der Waals surface area contributed by atoms with Crippen molar-refractivity contribution in [2.75, 3.05) is 7.05 Å². The molecule has 1 aromatic carbocycles. The average Bonchev–Trinajstić information content (AvgIpc) is 2.15. The topological polar surface area (TPSA) is 24.4 Å². The number of rotatable bonds is 3. The SMILES string of the molecule is CCc1ccccc1/C=N\NC. The molecule has 1 N–H and O–H groups in total. The van der Waals surface area contributed by atoms with Crippen LogP contribution in [-0.2, 0) is 6.42 Å². The largest absolute Gasteiger partial charge is 0.313 e. The van der Waals surface area contributed by atoms with Gasteiger partial charge >= 0.3 is 0 Å². The molecule has 0 fully saturated rings. The van der Waals surface area contributed by atoms with Crippen LogP contribution in [0.1, 0.15) is 18.1 Å². The van der Waals surface area contributed by atoms with Crippen molar-refractivity contribution >= 4 is 6.21 Å². The van der Waals surface area contributed by atoms with E-state index in [0.717, 1.165) is 6.42 Å². The van der Waals surface area contributed by atoms with Gasteiger partial charge in [0.1, 0.15) is 0 Å². The van der Waals surface area contributed by atoms with Gasteiger partial charge in [0.25, 0.3) is 0 Å². The van der Waals surface area contributed by atoms with E-state index in [2.05, 4.69) is 35.7 Å². The van der Waals surface area contributed by atoms with Crippen LogP contribution in [0.4, 0.5) is 0 Å². The van der Waals surface area contributed by atoms with Gasteiger partial charge in [-0.05, 0) is 17.5 Å². The molecule has 64 valence electrons. The number of benzene rings is 1. The summed E-state index contributed by atoms with van der Waals surface area (Å²) in [5.41, 5.74) is 5.26. The van der Waals surface area contributed by atoms with Gasteiger partial charge in [0.05, 0.1) is 6.21 Å². The number of nitrogens with one attached hydrogen (secondary N) is 1. The van der Waals surface area contributed by atoms with E-state index in [-0.39, 0.29) is 0 Å². The Bertz CT molecular complexity index is 266. The van der Waals surface area contributed by atoms with Gasteiger partial charge < -0.3 is 5.43 Å². The second kappa shape index (κ2) is 4.54. The molecule has 1 aromatic rings. The Hall–Kier alpha value is -1.31. The molecule has 0 aliphatic heterocycles. The maximum absolute atomic E-state index is 3.98. The summed E-state index contributed by atoms with van der Waals surface area (Å²) in [6.07, 6.45) is 2.89. The van der Waals surface area contributed by atoms with E-state index < -0.39 is 0 Å². The summed E-state index contributed by atoms with van der Waals surface area (Å²) in [5.74, 6) is 0. The number of hydrogen-bond acceptors (Lipinski definition) is 2. The highest BCUT2D eigenvalue weighted by molar-refractivity contribution is 5.81. The van der Waals surface area contributed by atoms with Crippen LogP contribution in [0.3, 0.4) is 0 Å². The second-order valence-corrected chi connectivity index (χ2v) is 2.53. The lowest BCUT2D eigenvalue weighted by Crippen LogP contribution is -1.97. The smallest absolute Gasteiger partial charge is 0.0543 e. The van der Waals surface area contributed by atoms with Crippen LogP contribution in [0.15, 0.2) is 29.4 Å². The highest BCUT2D eigenvalue weighted by Crippen LogP contribution is 2.06. The van der Waals surface area contributed by atoms with Crippen LogP contribution in [0.2, 0.25) is 0 Å². The van der Waals surface area contributed by atoms with Crippen LogP contribution in [0, 0.1) is 0 Å². The van der Waals surface area contributed by atoms with Gasteiger partial charge in [0.15, 0.2) is 0 Å². The first-order valence-corrected chi connectivity index (χ1v) is 4.16. The van der Waals surface area contributed by atoms with E-state index in [4.69, 9.17) is 0 Å². The molecule has 2 nitrogen and oxygen atoms in total. The van der Waals surface area contributed by atoms with E-state index in [1.54, 1.807) is 7.05 Å². The molecule has 0 bridgehead atoms. The molecule has 0 heterocycles. The molecule has 0 unspecified atom stereocenters. The third kappa shape index (κ3) is 2.09. The van der Waals surface area contributed by atoms with Crippen molar-refractivity contribution in [2.45, 2.75) is 13.3 Å². The van der Waals surface area contributed by atoms with Crippen LogP contribution in [0.25, 0.3) is 0 Å². The standard InChI is InChI=1S/C10H14N2/c1-3-9-6-4-5-7-10(9)8-12-11-2/h4-8,11H,3H2,1-2H3/b12-8-. The predicted octanol–water partition coefficient (Wildman–Crippen LogP) is 1.80. The zero-order valence-corrected chi connectivity index (χ0v) is 7.54. The van der Waals surface area contributed by atoms with Gasteiger partial charge in [0, 0.05) is 7.05 Å². The third-order valence-corrected chi connectivity index (χ3v) is 1.77. The third-order valence-electron chi connectivity index (χ3n) is 1.77. The zero-order valence-electron chi connectivity index (χ0n) is 7.54. The normalized spacial score (nSPS) is 10.5. The Kier molecular flexibility index (Phi) is 3.33. The Labute approximate surface area is 73.3 Å². The molecule has 0 aliphatic carbocycles. The van der Waals surface area contributed by atoms with E-state index in [9.17, 15) is 0 Å². The fourth-order valence-electron chi connectivity index (χ4n) is 1.12. The van der Waals surface area contributed by atoms with Gasteiger partial charge in [-0.15, -0.1) is 0 Å². The van der Waals surface area contributed by atoms with Gasteiger partial charge in [0.2, 0.25) is 0 Å². The first kappa shape index (κ1) is 8.78. The molecule has 2 heteroatoms. The number of aryl methyl sites for hydroxylation is 1. The van der Waals surface area contributed by atoms with Crippen molar-refractivity contribution in [1.82, 2.24) is 5.43 Å². The monoisotopic (exact) mass is 162 g/mol. The van der Waals surface area contributed by atoms with Crippen molar-refractivity contribution in [3.05, 3.63) is 35.4 Å². The minimum atomic E-state index is 1.05. The lowest BCUT2D eigenvalue weighted by Gasteiger charge is -2.00.